The van der Waals surface area contributed by atoms with E-state index in [2.05, 4.69) is 0 Å². The Labute approximate surface area is 96.1 Å². The van der Waals surface area contributed by atoms with E-state index in [1.807, 2.05) is 0 Å². The number of rotatable bonds is 2. The second-order valence-corrected chi connectivity index (χ2v) is 4.36. The molecule has 1 aliphatic rings. The van der Waals surface area contributed by atoms with Crippen molar-refractivity contribution in [2.24, 2.45) is 5.92 Å². The van der Waals surface area contributed by atoms with E-state index in [-0.39, 0.29) is 5.92 Å². The third kappa shape index (κ3) is 2.28. The monoisotopic (exact) mass is 244 g/mol. The van der Waals surface area contributed by atoms with Crippen LogP contribution in [0.1, 0.15) is 29.0 Å². The maximum Gasteiger partial charge on any atom is 0.416 e. The fourth-order valence-corrected chi connectivity index (χ4v) is 2.08. The predicted octanol–water partition coefficient (Wildman–Crippen LogP) is 3.20. The van der Waals surface area contributed by atoms with Crippen molar-refractivity contribution in [3.63, 3.8) is 0 Å². The number of aliphatic carboxylic acids is 1. The average molecular weight is 244 g/mol. The zero-order valence-electron chi connectivity index (χ0n) is 9.08. The van der Waals surface area contributed by atoms with Gasteiger partial charge >= 0.3 is 12.1 Å². The highest BCUT2D eigenvalue weighted by atomic mass is 19.4. The van der Waals surface area contributed by atoms with Crippen LogP contribution in [0.25, 0.3) is 0 Å². The molecule has 17 heavy (non-hydrogen) atoms. The number of hydrogen-bond donors (Lipinski definition) is 1. The summed E-state index contributed by atoms with van der Waals surface area (Å²) < 4.78 is 37.3. The lowest BCUT2D eigenvalue weighted by Gasteiger charge is -2.10. The summed E-state index contributed by atoms with van der Waals surface area (Å²) in [6.45, 7) is 1.59. The maximum atomic E-state index is 12.4. The zero-order valence-corrected chi connectivity index (χ0v) is 9.08. The standard InChI is InChI=1S/C12H11F3O2/c1-6-4-7(12(13,14)15)2-3-8(6)9-5-10(9)11(16)17/h2-4,9-10H,5H2,1H3,(H,16,17). The molecule has 1 aliphatic carbocycles. The summed E-state index contributed by atoms with van der Waals surface area (Å²) in [6, 6.07) is 3.48. The number of carbonyl (C=O) groups is 1. The summed E-state index contributed by atoms with van der Waals surface area (Å²) in [4.78, 5) is 10.7. The molecule has 5 heteroatoms. The Morgan fingerprint density at radius 3 is 2.47 bits per heavy atom. The highest BCUT2D eigenvalue weighted by Gasteiger charge is 2.45. The molecule has 1 fully saturated rings. The van der Waals surface area contributed by atoms with Crippen LogP contribution in [0, 0.1) is 12.8 Å². The predicted molar refractivity (Wildman–Crippen MR) is 54.7 cm³/mol. The van der Waals surface area contributed by atoms with Crippen molar-refractivity contribution in [2.75, 3.05) is 0 Å². The third-order valence-electron chi connectivity index (χ3n) is 3.10. The molecule has 0 heterocycles. The molecule has 0 aromatic heterocycles. The van der Waals surface area contributed by atoms with Crippen LogP contribution in [-0.4, -0.2) is 11.1 Å². The van der Waals surface area contributed by atoms with Gasteiger partial charge in [0.25, 0.3) is 0 Å². The molecule has 2 rings (SSSR count). The number of halogens is 3. The Bertz CT molecular complexity index is 465. The first kappa shape index (κ1) is 12.0. The molecule has 0 amide bonds. The Morgan fingerprint density at radius 2 is 2.06 bits per heavy atom. The van der Waals surface area contributed by atoms with Crippen LogP contribution in [0.4, 0.5) is 13.2 Å². The number of hydrogen-bond acceptors (Lipinski definition) is 1. The highest BCUT2D eigenvalue weighted by molar-refractivity contribution is 5.75. The van der Waals surface area contributed by atoms with E-state index < -0.39 is 23.6 Å². The third-order valence-corrected chi connectivity index (χ3v) is 3.10. The molecular weight excluding hydrogens is 233 g/mol. The minimum atomic E-state index is -4.35. The minimum Gasteiger partial charge on any atom is -0.481 e. The molecule has 2 atom stereocenters. The van der Waals surface area contributed by atoms with Gasteiger partial charge < -0.3 is 5.11 Å². The lowest BCUT2D eigenvalue weighted by atomic mass is 10.00. The van der Waals surface area contributed by atoms with Gasteiger partial charge in [0.2, 0.25) is 0 Å². The van der Waals surface area contributed by atoms with Crippen molar-refractivity contribution in [1.29, 1.82) is 0 Å². The van der Waals surface area contributed by atoms with Gasteiger partial charge in [0, 0.05) is 0 Å². The summed E-state index contributed by atoms with van der Waals surface area (Å²) in [5, 5.41) is 8.78. The fraction of sp³-hybridized carbons (Fsp3) is 0.417. The Morgan fingerprint density at radius 1 is 1.41 bits per heavy atom. The summed E-state index contributed by atoms with van der Waals surface area (Å²) in [6.07, 6.45) is -3.83. The first-order valence-electron chi connectivity index (χ1n) is 5.21. The molecule has 1 N–H and O–H groups in total. The molecule has 0 radical (unpaired) electrons. The topological polar surface area (TPSA) is 37.3 Å². The van der Waals surface area contributed by atoms with Gasteiger partial charge in [-0.15, -0.1) is 0 Å². The SMILES string of the molecule is Cc1cc(C(F)(F)F)ccc1C1CC1C(=O)O. The van der Waals surface area contributed by atoms with Crippen LogP contribution in [0.3, 0.4) is 0 Å². The quantitative estimate of drug-likeness (QED) is 0.867. The van der Waals surface area contributed by atoms with E-state index in [1.165, 1.54) is 6.07 Å². The zero-order chi connectivity index (χ0) is 12.8. The van der Waals surface area contributed by atoms with Crippen LogP contribution in [0.15, 0.2) is 18.2 Å². The molecule has 2 unspecified atom stereocenters. The van der Waals surface area contributed by atoms with Gasteiger partial charge in [-0.25, -0.2) is 0 Å². The molecule has 0 bridgehead atoms. The lowest BCUT2D eigenvalue weighted by molar-refractivity contribution is -0.139. The number of carboxylic acid groups (broad SMARTS) is 1. The summed E-state index contributed by atoms with van der Waals surface area (Å²) in [7, 11) is 0. The van der Waals surface area contributed by atoms with Gasteiger partial charge in [-0.2, -0.15) is 13.2 Å². The van der Waals surface area contributed by atoms with E-state index in [1.54, 1.807) is 6.92 Å². The summed E-state index contributed by atoms with van der Waals surface area (Å²) in [5.41, 5.74) is 0.533. The average Bonchev–Trinajstić information content (AvgIpc) is 2.95. The van der Waals surface area contributed by atoms with Crippen LogP contribution in [0.2, 0.25) is 0 Å². The Hall–Kier alpha value is -1.52. The van der Waals surface area contributed by atoms with Gasteiger partial charge in [-0.05, 0) is 42.5 Å². The Kier molecular flexibility index (Phi) is 2.64. The molecule has 0 saturated heterocycles. The second-order valence-electron chi connectivity index (χ2n) is 4.36. The highest BCUT2D eigenvalue weighted by Crippen LogP contribution is 2.49. The van der Waals surface area contributed by atoms with Crippen LogP contribution < -0.4 is 0 Å². The molecule has 0 spiro atoms. The van der Waals surface area contributed by atoms with Crippen molar-refractivity contribution in [2.45, 2.75) is 25.4 Å². The van der Waals surface area contributed by atoms with E-state index in [0.29, 0.717) is 17.5 Å². The summed E-state index contributed by atoms with van der Waals surface area (Å²) in [5.74, 6) is -1.45. The van der Waals surface area contributed by atoms with Crippen LogP contribution in [-0.2, 0) is 11.0 Å². The van der Waals surface area contributed by atoms with Crippen LogP contribution >= 0.6 is 0 Å². The fourth-order valence-electron chi connectivity index (χ4n) is 2.08. The van der Waals surface area contributed by atoms with Crippen molar-refractivity contribution >= 4 is 5.97 Å². The first-order chi connectivity index (χ1) is 7.80. The van der Waals surface area contributed by atoms with Gasteiger partial charge in [0.15, 0.2) is 0 Å². The smallest absolute Gasteiger partial charge is 0.416 e. The van der Waals surface area contributed by atoms with Gasteiger partial charge in [-0.1, -0.05) is 6.07 Å². The van der Waals surface area contributed by atoms with Gasteiger partial charge in [0.1, 0.15) is 0 Å². The molecule has 1 aromatic rings. The normalized spacial score (nSPS) is 23.5. The molecular formula is C12H11F3O2. The molecule has 92 valence electrons. The van der Waals surface area contributed by atoms with E-state index in [9.17, 15) is 18.0 Å². The molecule has 1 aromatic carbocycles. The summed E-state index contributed by atoms with van der Waals surface area (Å²) >= 11 is 0. The van der Waals surface area contributed by atoms with E-state index in [4.69, 9.17) is 5.11 Å². The van der Waals surface area contributed by atoms with Crippen molar-refractivity contribution in [1.82, 2.24) is 0 Å². The largest absolute Gasteiger partial charge is 0.481 e. The molecule has 2 nitrogen and oxygen atoms in total. The number of aryl methyl sites for hydroxylation is 1. The minimum absolute atomic E-state index is 0.130. The van der Waals surface area contributed by atoms with Gasteiger partial charge in [-0.3, -0.25) is 4.79 Å². The maximum absolute atomic E-state index is 12.4. The number of alkyl halides is 3. The van der Waals surface area contributed by atoms with Gasteiger partial charge in [0.05, 0.1) is 11.5 Å². The van der Waals surface area contributed by atoms with E-state index in [0.717, 1.165) is 12.1 Å². The lowest BCUT2D eigenvalue weighted by Crippen LogP contribution is -2.06. The van der Waals surface area contributed by atoms with Crippen molar-refractivity contribution in [3.05, 3.63) is 34.9 Å². The van der Waals surface area contributed by atoms with Crippen LogP contribution in [0.5, 0.6) is 0 Å². The second kappa shape index (κ2) is 3.75. The Balaban J connectivity index is 2.25. The van der Waals surface area contributed by atoms with Crippen molar-refractivity contribution in [3.8, 4) is 0 Å². The molecule has 1 saturated carbocycles. The van der Waals surface area contributed by atoms with E-state index >= 15 is 0 Å². The van der Waals surface area contributed by atoms with Crippen molar-refractivity contribution < 1.29 is 23.1 Å². The number of carboxylic acids is 1. The number of benzene rings is 1. The first-order valence-corrected chi connectivity index (χ1v) is 5.21. The molecule has 0 aliphatic heterocycles.